The van der Waals surface area contributed by atoms with E-state index >= 15 is 0 Å². The number of sulfonamides is 1. The zero-order valence-electron chi connectivity index (χ0n) is 28.4. The van der Waals surface area contributed by atoms with Gasteiger partial charge in [0, 0.05) is 43.9 Å². The number of amides is 3. The summed E-state index contributed by atoms with van der Waals surface area (Å²) in [7, 11) is -3.99. The van der Waals surface area contributed by atoms with E-state index in [1.54, 1.807) is 9.91 Å². The molecule has 266 valence electrons. The molecule has 3 rings (SSSR count). The van der Waals surface area contributed by atoms with Gasteiger partial charge in [0.1, 0.15) is 0 Å². The summed E-state index contributed by atoms with van der Waals surface area (Å²) in [5, 5.41) is 30.9. The Morgan fingerprint density at radius 1 is 0.848 bits per heavy atom. The van der Waals surface area contributed by atoms with Crippen LogP contribution in [0, 0.1) is 23.7 Å². The van der Waals surface area contributed by atoms with E-state index < -0.39 is 45.2 Å². The predicted molar refractivity (Wildman–Crippen MR) is 177 cm³/mol. The summed E-state index contributed by atoms with van der Waals surface area (Å²) in [6.07, 6.45) is 8.81. The standard InChI is InChI=1S/C33H61N5O7S/c1-4-16-37(17-5-2)33(43)26-19-25(20-28(21-26)46(34,44)45)31(41)35-29(18-23-12-14-27(39)15-13-23)30(40)22-38(6-3)36-32(42)24-10-8-7-9-11-24/h23-30,39-40H,4-22H2,1-3H3,(H,35,41)(H,36,42)(H2,34,44,45). The van der Waals surface area contributed by atoms with E-state index in [0.717, 1.165) is 57.8 Å². The number of carbonyl (C=O) groups excluding carboxylic acids is 3. The second-order valence-electron chi connectivity index (χ2n) is 14.1. The highest BCUT2D eigenvalue weighted by molar-refractivity contribution is 7.89. The number of carbonyl (C=O) groups is 3. The van der Waals surface area contributed by atoms with Crippen LogP contribution < -0.4 is 15.9 Å². The first-order valence-corrected chi connectivity index (χ1v) is 19.5. The number of rotatable bonds is 16. The summed E-state index contributed by atoms with van der Waals surface area (Å²) < 4.78 is 25.1. The number of hydrogen-bond acceptors (Lipinski definition) is 8. The maximum atomic E-state index is 13.9. The first-order chi connectivity index (χ1) is 21.9. The van der Waals surface area contributed by atoms with Gasteiger partial charge in [-0.25, -0.2) is 18.6 Å². The van der Waals surface area contributed by atoms with Gasteiger partial charge in [-0.2, -0.15) is 0 Å². The van der Waals surface area contributed by atoms with Gasteiger partial charge in [-0.1, -0.05) is 40.0 Å². The molecule has 0 bridgehead atoms. The van der Waals surface area contributed by atoms with E-state index in [2.05, 4.69) is 10.7 Å². The fourth-order valence-corrected chi connectivity index (χ4v) is 8.65. The summed E-state index contributed by atoms with van der Waals surface area (Å²) in [6, 6.07) is -0.658. The zero-order valence-corrected chi connectivity index (χ0v) is 29.2. The molecular formula is C33H61N5O7S. The number of primary sulfonamides is 1. The Labute approximate surface area is 276 Å². The lowest BCUT2D eigenvalue weighted by Crippen LogP contribution is -2.55. The van der Waals surface area contributed by atoms with Crippen molar-refractivity contribution < 1.29 is 33.0 Å². The number of nitrogens with one attached hydrogen (secondary N) is 2. The van der Waals surface area contributed by atoms with Crippen LogP contribution in [0.1, 0.15) is 117 Å². The van der Waals surface area contributed by atoms with Gasteiger partial charge in [0.25, 0.3) is 0 Å². The molecule has 46 heavy (non-hydrogen) atoms. The average molecular weight is 672 g/mol. The number of nitrogens with two attached hydrogens (primary N) is 1. The highest BCUT2D eigenvalue weighted by atomic mass is 32.2. The normalized spacial score (nSPS) is 27.5. The van der Waals surface area contributed by atoms with Gasteiger partial charge in [0.2, 0.25) is 27.7 Å². The lowest BCUT2D eigenvalue weighted by molar-refractivity contribution is -0.139. The van der Waals surface area contributed by atoms with Crippen molar-refractivity contribution in [3.8, 4) is 0 Å². The molecule has 0 aromatic heterocycles. The number of aliphatic hydroxyl groups excluding tert-OH is 2. The predicted octanol–water partition coefficient (Wildman–Crippen LogP) is 2.43. The number of hydrazine groups is 1. The highest BCUT2D eigenvalue weighted by Crippen LogP contribution is 2.35. The first-order valence-electron chi connectivity index (χ1n) is 17.9. The number of hydrogen-bond donors (Lipinski definition) is 5. The minimum Gasteiger partial charge on any atom is -0.393 e. The minimum absolute atomic E-state index is 0.0208. The van der Waals surface area contributed by atoms with Gasteiger partial charge in [-0.15, -0.1) is 0 Å². The highest BCUT2D eigenvalue weighted by Gasteiger charge is 2.42. The van der Waals surface area contributed by atoms with Crippen LogP contribution in [0.3, 0.4) is 0 Å². The second kappa shape index (κ2) is 18.7. The molecule has 0 heterocycles. The van der Waals surface area contributed by atoms with Gasteiger partial charge < -0.3 is 20.4 Å². The molecule has 0 saturated heterocycles. The van der Waals surface area contributed by atoms with Gasteiger partial charge in [-0.05, 0) is 83.0 Å². The third kappa shape index (κ3) is 11.7. The molecule has 0 aromatic carbocycles. The van der Waals surface area contributed by atoms with E-state index in [9.17, 15) is 33.0 Å². The van der Waals surface area contributed by atoms with Gasteiger partial charge >= 0.3 is 0 Å². The summed E-state index contributed by atoms with van der Waals surface area (Å²) in [5.74, 6) is -1.82. The monoisotopic (exact) mass is 671 g/mol. The van der Waals surface area contributed by atoms with Crippen LogP contribution >= 0.6 is 0 Å². The Morgan fingerprint density at radius 2 is 1.46 bits per heavy atom. The van der Waals surface area contributed by atoms with E-state index in [1.165, 1.54) is 0 Å². The Bertz CT molecular complexity index is 1070. The molecule has 0 aliphatic heterocycles. The lowest BCUT2D eigenvalue weighted by Gasteiger charge is -2.37. The minimum atomic E-state index is -3.99. The number of likely N-dealkylation sites (N-methyl/N-ethyl adjacent to an activating group) is 1. The van der Waals surface area contributed by atoms with Crippen LogP contribution in [0.25, 0.3) is 0 Å². The van der Waals surface area contributed by atoms with E-state index in [0.29, 0.717) is 38.9 Å². The van der Waals surface area contributed by atoms with Gasteiger partial charge in [-0.3, -0.25) is 19.8 Å². The Balaban J connectivity index is 1.76. The molecule has 3 aliphatic carbocycles. The van der Waals surface area contributed by atoms with Crippen molar-refractivity contribution in [2.75, 3.05) is 26.2 Å². The molecule has 0 aromatic rings. The molecule has 0 radical (unpaired) electrons. The third-order valence-electron chi connectivity index (χ3n) is 10.4. The Kier molecular flexibility index (Phi) is 15.7. The molecule has 3 saturated carbocycles. The second-order valence-corrected chi connectivity index (χ2v) is 15.9. The topological polar surface area (TPSA) is 182 Å². The van der Waals surface area contributed by atoms with E-state index in [4.69, 9.17) is 5.14 Å². The molecule has 13 heteroatoms. The van der Waals surface area contributed by atoms with Crippen LogP contribution in [0.2, 0.25) is 0 Å². The van der Waals surface area contributed by atoms with Crippen molar-refractivity contribution in [1.82, 2.24) is 20.7 Å². The average Bonchev–Trinajstić information content (AvgIpc) is 3.04. The van der Waals surface area contributed by atoms with E-state index in [-0.39, 0.29) is 55.6 Å². The Morgan fingerprint density at radius 3 is 2.02 bits per heavy atom. The van der Waals surface area contributed by atoms with Crippen molar-refractivity contribution >= 4 is 27.7 Å². The largest absolute Gasteiger partial charge is 0.393 e. The summed E-state index contributed by atoms with van der Waals surface area (Å²) >= 11 is 0. The zero-order chi connectivity index (χ0) is 33.9. The van der Waals surface area contributed by atoms with Crippen molar-refractivity contribution in [2.24, 2.45) is 28.8 Å². The molecule has 3 amide bonds. The van der Waals surface area contributed by atoms with Crippen LogP contribution in [0.4, 0.5) is 0 Å². The van der Waals surface area contributed by atoms with Crippen LogP contribution in [0.15, 0.2) is 0 Å². The fraction of sp³-hybridized carbons (Fsp3) is 0.909. The molecule has 12 nitrogen and oxygen atoms in total. The van der Waals surface area contributed by atoms with Crippen molar-refractivity contribution in [3.63, 3.8) is 0 Å². The summed E-state index contributed by atoms with van der Waals surface area (Å²) in [6.45, 7) is 7.59. The van der Waals surface area contributed by atoms with Crippen LogP contribution in [0.5, 0.6) is 0 Å². The third-order valence-corrected chi connectivity index (χ3v) is 11.7. The SMILES string of the molecule is CCCN(CCC)C(=O)C1CC(C(=O)NC(CC2CCC(O)CC2)C(O)CN(CC)NC(=O)C2CCCCC2)CC(S(N)(=O)=O)C1. The molecule has 6 N–H and O–H groups in total. The molecule has 5 unspecified atom stereocenters. The number of aliphatic hydroxyl groups is 2. The Hall–Kier alpha value is -1.80. The first kappa shape index (κ1) is 38.6. The number of nitrogens with zero attached hydrogens (tertiary/aromatic N) is 2. The van der Waals surface area contributed by atoms with Crippen molar-refractivity contribution in [3.05, 3.63) is 0 Å². The van der Waals surface area contributed by atoms with Gasteiger partial charge in [0.05, 0.1) is 23.5 Å². The van der Waals surface area contributed by atoms with E-state index in [1.807, 2.05) is 20.8 Å². The van der Waals surface area contributed by atoms with Crippen LogP contribution in [-0.4, -0.2) is 95.9 Å². The maximum Gasteiger partial charge on any atom is 0.237 e. The summed E-state index contributed by atoms with van der Waals surface area (Å²) in [5.41, 5.74) is 2.99. The van der Waals surface area contributed by atoms with Crippen molar-refractivity contribution in [1.29, 1.82) is 0 Å². The molecule has 5 atom stereocenters. The van der Waals surface area contributed by atoms with Crippen LogP contribution in [-0.2, 0) is 24.4 Å². The molecule has 3 fully saturated rings. The quantitative estimate of drug-likeness (QED) is 0.155. The maximum absolute atomic E-state index is 13.9. The summed E-state index contributed by atoms with van der Waals surface area (Å²) in [4.78, 5) is 42.2. The van der Waals surface area contributed by atoms with Crippen molar-refractivity contribution in [2.45, 2.75) is 141 Å². The van der Waals surface area contributed by atoms with Gasteiger partial charge in [0.15, 0.2) is 0 Å². The molecule has 3 aliphatic rings. The molecule has 0 spiro atoms. The molecular weight excluding hydrogens is 610 g/mol. The fourth-order valence-electron chi connectivity index (χ4n) is 7.65. The smallest absolute Gasteiger partial charge is 0.237 e. The lowest BCUT2D eigenvalue weighted by atomic mass is 9.79.